The molecule has 116 valence electrons. The van der Waals surface area contributed by atoms with Crippen molar-refractivity contribution >= 4 is 12.0 Å². The van der Waals surface area contributed by atoms with Crippen LogP contribution in [-0.4, -0.2) is 65.7 Å². The fraction of sp³-hybridized carbons (Fsp3) is 0.857. The van der Waals surface area contributed by atoms with Crippen LogP contribution in [0.3, 0.4) is 0 Å². The first-order chi connectivity index (χ1) is 9.32. The van der Waals surface area contributed by atoms with Crippen LogP contribution in [0.25, 0.3) is 0 Å². The zero-order chi connectivity index (χ0) is 15.3. The van der Waals surface area contributed by atoms with Gasteiger partial charge in [0, 0.05) is 25.7 Å². The molecule has 2 N–H and O–H groups in total. The monoisotopic (exact) mass is 285 g/mol. The van der Waals surface area contributed by atoms with Gasteiger partial charge in [-0.3, -0.25) is 0 Å². The van der Waals surface area contributed by atoms with Gasteiger partial charge in [-0.05, 0) is 39.7 Å². The molecule has 0 radical (unpaired) electrons. The van der Waals surface area contributed by atoms with E-state index in [0.717, 1.165) is 13.0 Å². The summed E-state index contributed by atoms with van der Waals surface area (Å²) in [6.07, 6.45) is 1.40. The molecule has 1 fully saturated rings. The number of carboxylic acid groups (broad SMARTS) is 1. The highest BCUT2D eigenvalue weighted by Gasteiger charge is 2.34. The summed E-state index contributed by atoms with van der Waals surface area (Å²) >= 11 is 0. The number of rotatable bonds is 5. The number of nitrogens with zero attached hydrogens (tertiary/aromatic N) is 2. The molecule has 20 heavy (non-hydrogen) atoms. The summed E-state index contributed by atoms with van der Waals surface area (Å²) in [6, 6.07) is -0.530. The van der Waals surface area contributed by atoms with E-state index in [0.29, 0.717) is 31.5 Å². The summed E-state index contributed by atoms with van der Waals surface area (Å²) in [5.41, 5.74) is 0. The molecule has 6 heteroatoms. The molecule has 0 saturated carbocycles. The van der Waals surface area contributed by atoms with Gasteiger partial charge in [-0.2, -0.15) is 0 Å². The smallest absolute Gasteiger partial charge is 0.326 e. The maximum absolute atomic E-state index is 12.1. The van der Waals surface area contributed by atoms with Crippen LogP contribution in [0.2, 0.25) is 0 Å². The van der Waals surface area contributed by atoms with E-state index in [1.54, 1.807) is 0 Å². The van der Waals surface area contributed by atoms with Crippen LogP contribution < -0.4 is 5.32 Å². The number of nitrogens with one attached hydrogen (secondary N) is 1. The molecule has 0 aromatic rings. The number of hydrogen-bond donors (Lipinski definition) is 2. The zero-order valence-corrected chi connectivity index (χ0v) is 12.9. The number of carbonyl (C=O) groups is 2. The second-order valence-corrected chi connectivity index (χ2v) is 5.98. The number of likely N-dealkylation sites (tertiary alicyclic amines) is 1. The Morgan fingerprint density at radius 2 is 2.10 bits per heavy atom. The fourth-order valence-corrected chi connectivity index (χ4v) is 2.32. The lowest BCUT2D eigenvalue weighted by atomic mass is 9.93. The first-order valence-corrected chi connectivity index (χ1v) is 7.30. The summed E-state index contributed by atoms with van der Waals surface area (Å²) in [6.45, 7) is 8.02. The number of likely N-dealkylation sites (N-methyl/N-ethyl adjacent to an activating group) is 1. The lowest BCUT2D eigenvalue weighted by Crippen LogP contribution is -2.54. The first-order valence-electron chi connectivity index (χ1n) is 7.30. The average molecular weight is 285 g/mol. The van der Waals surface area contributed by atoms with E-state index in [2.05, 4.69) is 24.1 Å². The molecule has 1 rings (SSSR count). The Kier molecular flexibility index (Phi) is 6.26. The molecule has 2 unspecified atom stereocenters. The summed E-state index contributed by atoms with van der Waals surface area (Å²) in [5, 5.41) is 12.1. The van der Waals surface area contributed by atoms with Crippen molar-refractivity contribution < 1.29 is 14.7 Å². The number of amides is 2. The standard InChI is InChI=1S/C14H27N3O3/c1-10(2)16(4)8-6-15-14(20)17-7-5-11(3)9-12(17)13(18)19/h10-12H,5-9H2,1-4H3,(H,15,20)(H,18,19). The molecule has 6 nitrogen and oxygen atoms in total. The predicted molar refractivity (Wildman–Crippen MR) is 77.7 cm³/mol. The number of carboxylic acids is 1. The molecule has 0 aromatic heterocycles. The second kappa shape index (κ2) is 7.47. The van der Waals surface area contributed by atoms with Gasteiger partial charge in [0.2, 0.25) is 0 Å². The van der Waals surface area contributed by atoms with Crippen LogP contribution in [0, 0.1) is 5.92 Å². The normalized spacial score (nSPS) is 23.2. The molecular formula is C14H27N3O3. The Morgan fingerprint density at radius 3 is 2.65 bits per heavy atom. The van der Waals surface area contributed by atoms with Gasteiger partial charge in [0.05, 0.1) is 0 Å². The third kappa shape index (κ3) is 4.67. The molecular weight excluding hydrogens is 258 g/mol. The summed E-state index contributed by atoms with van der Waals surface area (Å²) < 4.78 is 0. The number of hydrogen-bond acceptors (Lipinski definition) is 3. The van der Waals surface area contributed by atoms with Gasteiger partial charge >= 0.3 is 12.0 Å². The summed E-state index contributed by atoms with van der Waals surface area (Å²) in [7, 11) is 2.00. The number of carbonyl (C=O) groups excluding carboxylic acids is 1. The van der Waals surface area contributed by atoms with Crippen molar-refractivity contribution in [2.45, 2.75) is 45.7 Å². The molecule has 2 atom stereocenters. The van der Waals surface area contributed by atoms with Crippen molar-refractivity contribution in [1.29, 1.82) is 0 Å². The van der Waals surface area contributed by atoms with Crippen LogP contribution >= 0.6 is 0 Å². The number of piperidine rings is 1. The van der Waals surface area contributed by atoms with Crippen LogP contribution in [0.5, 0.6) is 0 Å². The van der Waals surface area contributed by atoms with Crippen LogP contribution in [0.15, 0.2) is 0 Å². The SMILES string of the molecule is CC1CCN(C(=O)NCCN(C)C(C)C)C(C(=O)O)C1. The van der Waals surface area contributed by atoms with E-state index in [9.17, 15) is 14.7 Å². The summed E-state index contributed by atoms with van der Waals surface area (Å²) in [4.78, 5) is 26.9. The van der Waals surface area contributed by atoms with Crippen LogP contribution in [0.4, 0.5) is 4.79 Å². The average Bonchev–Trinajstić information content (AvgIpc) is 2.37. The minimum atomic E-state index is -0.911. The Balaban J connectivity index is 2.46. The molecule has 2 amide bonds. The Morgan fingerprint density at radius 1 is 1.45 bits per heavy atom. The zero-order valence-electron chi connectivity index (χ0n) is 12.9. The number of aliphatic carboxylic acids is 1. The predicted octanol–water partition coefficient (Wildman–Crippen LogP) is 1.22. The van der Waals surface area contributed by atoms with E-state index in [-0.39, 0.29) is 6.03 Å². The molecule has 1 saturated heterocycles. The van der Waals surface area contributed by atoms with E-state index < -0.39 is 12.0 Å². The molecule has 0 aromatic carbocycles. The molecule has 0 spiro atoms. The lowest BCUT2D eigenvalue weighted by Gasteiger charge is -2.36. The van der Waals surface area contributed by atoms with E-state index in [1.165, 1.54) is 4.90 Å². The largest absolute Gasteiger partial charge is 0.480 e. The first kappa shape index (κ1) is 16.8. The number of urea groups is 1. The van der Waals surface area contributed by atoms with E-state index in [4.69, 9.17) is 0 Å². The lowest BCUT2D eigenvalue weighted by molar-refractivity contribution is -0.143. The van der Waals surface area contributed by atoms with Crippen LogP contribution in [0.1, 0.15) is 33.6 Å². The molecule has 1 aliphatic heterocycles. The van der Waals surface area contributed by atoms with Crippen molar-refractivity contribution in [3.8, 4) is 0 Å². The van der Waals surface area contributed by atoms with Crippen molar-refractivity contribution in [2.24, 2.45) is 5.92 Å². The van der Waals surface area contributed by atoms with Gasteiger partial charge in [0.1, 0.15) is 6.04 Å². The minimum absolute atomic E-state index is 0.263. The Hall–Kier alpha value is -1.30. The Bertz CT molecular complexity index is 347. The summed E-state index contributed by atoms with van der Waals surface area (Å²) in [5.74, 6) is -0.557. The van der Waals surface area contributed by atoms with Crippen molar-refractivity contribution in [2.75, 3.05) is 26.7 Å². The molecule has 0 bridgehead atoms. The highest BCUT2D eigenvalue weighted by atomic mass is 16.4. The topological polar surface area (TPSA) is 72.9 Å². The molecule has 1 heterocycles. The maximum atomic E-state index is 12.1. The third-order valence-corrected chi connectivity index (χ3v) is 4.03. The van der Waals surface area contributed by atoms with Gasteiger partial charge in [-0.25, -0.2) is 9.59 Å². The fourth-order valence-electron chi connectivity index (χ4n) is 2.32. The van der Waals surface area contributed by atoms with Gasteiger partial charge in [-0.1, -0.05) is 6.92 Å². The van der Waals surface area contributed by atoms with E-state index >= 15 is 0 Å². The van der Waals surface area contributed by atoms with Gasteiger partial charge in [0.25, 0.3) is 0 Å². The van der Waals surface area contributed by atoms with Gasteiger partial charge < -0.3 is 20.2 Å². The minimum Gasteiger partial charge on any atom is -0.480 e. The van der Waals surface area contributed by atoms with E-state index in [1.807, 2.05) is 14.0 Å². The highest BCUT2D eigenvalue weighted by molar-refractivity contribution is 5.82. The van der Waals surface area contributed by atoms with Crippen molar-refractivity contribution in [1.82, 2.24) is 15.1 Å². The van der Waals surface area contributed by atoms with Gasteiger partial charge in [-0.15, -0.1) is 0 Å². The maximum Gasteiger partial charge on any atom is 0.326 e. The Labute approximate surface area is 121 Å². The quantitative estimate of drug-likeness (QED) is 0.796. The van der Waals surface area contributed by atoms with Crippen molar-refractivity contribution in [3.63, 3.8) is 0 Å². The highest BCUT2D eigenvalue weighted by Crippen LogP contribution is 2.22. The molecule has 1 aliphatic rings. The molecule has 0 aliphatic carbocycles. The second-order valence-electron chi connectivity index (χ2n) is 5.98. The van der Waals surface area contributed by atoms with Crippen molar-refractivity contribution in [3.05, 3.63) is 0 Å². The third-order valence-electron chi connectivity index (χ3n) is 4.03. The van der Waals surface area contributed by atoms with Gasteiger partial charge in [0.15, 0.2) is 0 Å². The van der Waals surface area contributed by atoms with Crippen LogP contribution in [-0.2, 0) is 4.79 Å².